The van der Waals surface area contributed by atoms with Crippen LogP contribution < -0.4 is 5.32 Å². The van der Waals surface area contributed by atoms with Crippen LogP contribution in [-0.2, 0) is 16.4 Å². The van der Waals surface area contributed by atoms with E-state index in [0.717, 1.165) is 12.8 Å². The maximum absolute atomic E-state index is 12.3. The minimum atomic E-state index is -3.16. The average molecular weight is 326 g/mol. The molecule has 7 nitrogen and oxygen atoms in total. The van der Waals surface area contributed by atoms with Crippen LogP contribution in [0.3, 0.4) is 0 Å². The molecule has 2 amide bonds. The molecule has 0 bridgehead atoms. The van der Waals surface area contributed by atoms with E-state index in [2.05, 4.69) is 15.3 Å². The summed E-state index contributed by atoms with van der Waals surface area (Å²) in [4.78, 5) is 21.8. The molecule has 8 heteroatoms. The topological polar surface area (TPSA) is 92.3 Å². The molecule has 1 saturated carbocycles. The highest BCUT2D eigenvalue weighted by molar-refractivity contribution is 7.91. The second kappa shape index (κ2) is 7.04. The van der Waals surface area contributed by atoms with E-state index in [0.29, 0.717) is 25.1 Å². The van der Waals surface area contributed by atoms with E-state index >= 15 is 0 Å². The number of sulfone groups is 1. The van der Waals surface area contributed by atoms with Crippen LogP contribution in [0.25, 0.3) is 0 Å². The van der Waals surface area contributed by atoms with Crippen molar-refractivity contribution in [2.45, 2.75) is 43.5 Å². The largest absolute Gasteiger partial charge is 0.334 e. The van der Waals surface area contributed by atoms with Crippen molar-refractivity contribution in [3.63, 3.8) is 0 Å². The number of nitrogens with zero attached hydrogens (tertiary/aromatic N) is 3. The van der Waals surface area contributed by atoms with E-state index in [1.165, 1.54) is 11.2 Å². The molecule has 1 aliphatic rings. The Morgan fingerprint density at radius 3 is 2.73 bits per heavy atom. The first kappa shape index (κ1) is 16.7. The molecule has 22 heavy (non-hydrogen) atoms. The third-order valence-electron chi connectivity index (χ3n) is 3.92. The zero-order valence-corrected chi connectivity index (χ0v) is 13.7. The van der Waals surface area contributed by atoms with E-state index < -0.39 is 15.1 Å². The zero-order valence-electron chi connectivity index (χ0n) is 12.9. The first-order valence-electron chi connectivity index (χ1n) is 7.33. The molecule has 1 aromatic heterocycles. The molecular formula is C14H22N4O3S. The summed E-state index contributed by atoms with van der Waals surface area (Å²) in [5, 5.41) is 2.36. The minimum absolute atomic E-state index is 0.286. The minimum Gasteiger partial charge on any atom is -0.334 e. The molecule has 0 saturated heterocycles. The van der Waals surface area contributed by atoms with Gasteiger partial charge in [0, 0.05) is 31.7 Å². The van der Waals surface area contributed by atoms with E-state index in [9.17, 15) is 13.2 Å². The molecular weight excluding hydrogens is 304 g/mol. The summed E-state index contributed by atoms with van der Waals surface area (Å²) in [5.74, 6) is 0. The third-order valence-corrected chi connectivity index (χ3v) is 5.59. The van der Waals surface area contributed by atoms with Crippen molar-refractivity contribution < 1.29 is 13.2 Å². The summed E-state index contributed by atoms with van der Waals surface area (Å²) in [6.07, 6.45) is 9.11. The Balaban J connectivity index is 1.97. The number of aromatic nitrogens is 2. The van der Waals surface area contributed by atoms with Crippen molar-refractivity contribution in [3.8, 4) is 0 Å². The van der Waals surface area contributed by atoms with Crippen molar-refractivity contribution in [3.05, 3.63) is 24.3 Å². The Labute approximate surface area is 131 Å². The molecule has 0 aromatic carbocycles. The highest BCUT2D eigenvalue weighted by atomic mass is 32.2. The van der Waals surface area contributed by atoms with Gasteiger partial charge in [-0.15, -0.1) is 0 Å². The van der Waals surface area contributed by atoms with Crippen LogP contribution in [0.5, 0.6) is 0 Å². The van der Waals surface area contributed by atoms with Crippen LogP contribution in [-0.4, -0.2) is 53.9 Å². The standard InChI is InChI=1S/C14H22N4O3S/c1-18(10-11-9-15-7-8-16-11)14(19)17-12-5-3-4-6-13(12)22(2,20)21/h7-9,12-13H,3-6,10H2,1-2H3,(H,17,19)/t12-,13-/m1/s1. The summed E-state index contributed by atoms with van der Waals surface area (Å²) < 4.78 is 23.7. The van der Waals surface area contributed by atoms with E-state index in [-0.39, 0.29) is 12.1 Å². The predicted molar refractivity (Wildman–Crippen MR) is 82.9 cm³/mol. The Hall–Kier alpha value is -1.70. The Morgan fingerprint density at radius 1 is 1.36 bits per heavy atom. The molecule has 1 aromatic rings. The van der Waals surface area contributed by atoms with Gasteiger partial charge in [-0.25, -0.2) is 13.2 Å². The summed E-state index contributed by atoms with van der Waals surface area (Å²) in [6, 6.07) is -0.605. The van der Waals surface area contributed by atoms with Gasteiger partial charge in [0.2, 0.25) is 0 Å². The predicted octanol–water partition coefficient (Wildman–Crippen LogP) is 0.974. The van der Waals surface area contributed by atoms with Crippen molar-refractivity contribution in [1.29, 1.82) is 0 Å². The molecule has 0 aliphatic heterocycles. The van der Waals surface area contributed by atoms with E-state index in [1.807, 2.05) is 0 Å². The molecule has 1 fully saturated rings. The second-order valence-corrected chi connectivity index (χ2v) is 8.03. The molecule has 2 atom stereocenters. The SMILES string of the molecule is CN(Cc1cnccn1)C(=O)N[C@@H]1CCCC[C@H]1S(C)(=O)=O. The maximum atomic E-state index is 12.3. The second-order valence-electron chi connectivity index (χ2n) is 5.76. The molecule has 2 rings (SSSR count). The molecule has 1 heterocycles. The van der Waals surface area contributed by atoms with Crippen LogP contribution >= 0.6 is 0 Å². The van der Waals surface area contributed by atoms with Gasteiger partial charge in [0.25, 0.3) is 0 Å². The van der Waals surface area contributed by atoms with Gasteiger partial charge in [-0.3, -0.25) is 9.97 Å². The van der Waals surface area contributed by atoms with Crippen molar-refractivity contribution in [1.82, 2.24) is 20.2 Å². The number of rotatable bonds is 4. The fourth-order valence-corrected chi connectivity index (χ4v) is 4.17. The van der Waals surface area contributed by atoms with Gasteiger partial charge in [-0.2, -0.15) is 0 Å². The van der Waals surface area contributed by atoms with Gasteiger partial charge in [0.05, 0.1) is 23.7 Å². The summed E-state index contributed by atoms with van der Waals surface area (Å²) in [5.41, 5.74) is 0.684. The van der Waals surface area contributed by atoms with Gasteiger partial charge in [0.15, 0.2) is 9.84 Å². The lowest BCUT2D eigenvalue weighted by Crippen LogP contribution is -2.51. The fourth-order valence-electron chi connectivity index (χ4n) is 2.77. The number of carbonyl (C=O) groups is 1. The lowest BCUT2D eigenvalue weighted by molar-refractivity contribution is 0.198. The molecule has 1 N–H and O–H groups in total. The quantitative estimate of drug-likeness (QED) is 0.890. The fraction of sp³-hybridized carbons (Fsp3) is 0.643. The number of hydrogen-bond donors (Lipinski definition) is 1. The van der Waals surface area contributed by atoms with Crippen LogP contribution in [0.2, 0.25) is 0 Å². The van der Waals surface area contributed by atoms with Crippen LogP contribution in [0.15, 0.2) is 18.6 Å². The Bertz CT molecular complexity index is 606. The lowest BCUT2D eigenvalue weighted by Gasteiger charge is -2.32. The number of carbonyl (C=O) groups excluding carboxylic acids is 1. The number of nitrogens with one attached hydrogen (secondary N) is 1. The summed E-state index contributed by atoms with van der Waals surface area (Å²) in [7, 11) is -1.51. The van der Waals surface area contributed by atoms with Gasteiger partial charge in [0.1, 0.15) is 0 Å². The zero-order chi connectivity index (χ0) is 16.2. The maximum Gasteiger partial charge on any atom is 0.317 e. The number of hydrogen-bond acceptors (Lipinski definition) is 5. The monoisotopic (exact) mass is 326 g/mol. The van der Waals surface area contributed by atoms with E-state index in [4.69, 9.17) is 0 Å². The highest BCUT2D eigenvalue weighted by Crippen LogP contribution is 2.24. The van der Waals surface area contributed by atoms with Crippen molar-refractivity contribution in [2.75, 3.05) is 13.3 Å². The normalized spacial score (nSPS) is 22.1. The Kier molecular flexibility index (Phi) is 5.33. The van der Waals surface area contributed by atoms with Crippen LogP contribution in [0.4, 0.5) is 4.79 Å². The third kappa shape index (κ3) is 4.40. The molecule has 0 unspecified atom stereocenters. The highest BCUT2D eigenvalue weighted by Gasteiger charge is 2.34. The van der Waals surface area contributed by atoms with E-state index in [1.54, 1.807) is 25.6 Å². The van der Waals surface area contributed by atoms with Gasteiger partial charge < -0.3 is 10.2 Å². The summed E-state index contributed by atoms with van der Waals surface area (Å²) in [6.45, 7) is 0.329. The van der Waals surface area contributed by atoms with Gasteiger partial charge in [-0.1, -0.05) is 12.8 Å². The van der Waals surface area contributed by atoms with Gasteiger partial charge >= 0.3 is 6.03 Å². The van der Waals surface area contributed by atoms with Crippen LogP contribution in [0.1, 0.15) is 31.4 Å². The molecule has 122 valence electrons. The molecule has 0 spiro atoms. The van der Waals surface area contributed by atoms with Crippen molar-refractivity contribution >= 4 is 15.9 Å². The average Bonchev–Trinajstić information content (AvgIpc) is 2.47. The molecule has 1 aliphatic carbocycles. The summed E-state index contributed by atoms with van der Waals surface area (Å²) >= 11 is 0. The number of amides is 2. The lowest BCUT2D eigenvalue weighted by atomic mass is 9.95. The number of urea groups is 1. The van der Waals surface area contributed by atoms with Crippen LogP contribution in [0, 0.1) is 0 Å². The Morgan fingerprint density at radius 2 is 2.09 bits per heavy atom. The first-order chi connectivity index (χ1) is 10.4. The van der Waals surface area contributed by atoms with Crippen molar-refractivity contribution in [2.24, 2.45) is 0 Å². The first-order valence-corrected chi connectivity index (χ1v) is 9.29. The molecule has 0 radical (unpaired) electrons. The smallest absolute Gasteiger partial charge is 0.317 e. The van der Waals surface area contributed by atoms with Gasteiger partial charge in [-0.05, 0) is 12.8 Å².